The average molecular weight is 394 g/mol. The minimum Gasteiger partial charge on any atom is -0.480 e. The van der Waals surface area contributed by atoms with E-state index in [2.05, 4.69) is 0 Å². The summed E-state index contributed by atoms with van der Waals surface area (Å²) >= 11 is 0. The molecule has 2 amide bonds. The predicted octanol–water partition coefficient (Wildman–Crippen LogP) is 2.98. The first-order valence-electron chi connectivity index (χ1n) is 9.94. The van der Waals surface area contributed by atoms with Crippen LogP contribution in [0.1, 0.15) is 24.8 Å². The van der Waals surface area contributed by atoms with Gasteiger partial charge in [0.2, 0.25) is 11.8 Å². The van der Waals surface area contributed by atoms with Crippen molar-refractivity contribution in [3.05, 3.63) is 66.2 Å². The van der Waals surface area contributed by atoms with Crippen molar-refractivity contribution in [2.75, 3.05) is 24.5 Å². The highest BCUT2D eigenvalue weighted by molar-refractivity contribution is 5.98. The lowest BCUT2D eigenvalue weighted by Gasteiger charge is -2.34. The highest BCUT2D eigenvalue weighted by Crippen LogP contribution is 2.24. The van der Waals surface area contributed by atoms with E-state index in [1.807, 2.05) is 41.3 Å². The quantitative estimate of drug-likeness (QED) is 0.783. The van der Waals surface area contributed by atoms with Crippen LogP contribution in [0.4, 0.5) is 5.69 Å². The van der Waals surface area contributed by atoms with E-state index in [9.17, 15) is 19.5 Å². The van der Waals surface area contributed by atoms with Crippen LogP contribution in [0.2, 0.25) is 0 Å². The molecule has 6 heteroatoms. The summed E-state index contributed by atoms with van der Waals surface area (Å²) in [7, 11) is 0. The van der Waals surface area contributed by atoms with Gasteiger partial charge >= 0.3 is 5.97 Å². The number of amides is 2. The molecule has 0 aromatic heterocycles. The van der Waals surface area contributed by atoms with E-state index in [-0.39, 0.29) is 24.3 Å². The largest absolute Gasteiger partial charge is 0.480 e. The fraction of sp³-hybridized carbons (Fsp3) is 0.348. The molecule has 1 aliphatic heterocycles. The van der Waals surface area contributed by atoms with Crippen molar-refractivity contribution in [2.24, 2.45) is 5.92 Å². The SMILES string of the molecule is O=C(O)CN(C(=O)C1CCN(C(=O)CCc2ccccc2)CC1)c1ccccc1. The molecule has 1 heterocycles. The van der Waals surface area contributed by atoms with Gasteiger partial charge in [0.25, 0.3) is 0 Å². The monoisotopic (exact) mass is 394 g/mol. The van der Waals surface area contributed by atoms with Crippen molar-refractivity contribution in [3.63, 3.8) is 0 Å². The first-order valence-corrected chi connectivity index (χ1v) is 9.94. The Morgan fingerprint density at radius 2 is 1.52 bits per heavy atom. The number of carbonyl (C=O) groups is 3. The van der Waals surface area contributed by atoms with Gasteiger partial charge in [-0.3, -0.25) is 14.4 Å². The molecular formula is C23H26N2O4. The van der Waals surface area contributed by atoms with E-state index >= 15 is 0 Å². The number of carboxylic acid groups (broad SMARTS) is 1. The molecule has 1 N–H and O–H groups in total. The Kier molecular flexibility index (Phi) is 7.00. The number of aliphatic carboxylic acids is 1. The molecule has 0 saturated carbocycles. The van der Waals surface area contributed by atoms with Crippen LogP contribution in [0.15, 0.2) is 60.7 Å². The van der Waals surface area contributed by atoms with Gasteiger partial charge in [-0.2, -0.15) is 0 Å². The number of aryl methyl sites for hydroxylation is 1. The van der Waals surface area contributed by atoms with Gasteiger partial charge in [0, 0.05) is 31.1 Å². The number of nitrogens with zero attached hydrogens (tertiary/aromatic N) is 2. The maximum Gasteiger partial charge on any atom is 0.323 e. The van der Waals surface area contributed by atoms with Crippen molar-refractivity contribution < 1.29 is 19.5 Å². The summed E-state index contributed by atoms with van der Waals surface area (Å²) in [4.78, 5) is 39.9. The van der Waals surface area contributed by atoms with Crippen LogP contribution in [0.25, 0.3) is 0 Å². The summed E-state index contributed by atoms with van der Waals surface area (Å²) < 4.78 is 0. The number of likely N-dealkylation sites (tertiary alicyclic amines) is 1. The molecule has 3 rings (SSSR count). The molecule has 0 atom stereocenters. The number of carboxylic acids is 1. The lowest BCUT2D eigenvalue weighted by Crippen LogP contribution is -2.46. The summed E-state index contributed by atoms with van der Waals surface area (Å²) in [5.74, 6) is -1.40. The van der Waals surface area contributed by atoms with Crippen LogP contribution < -0.4 is 4.90 Å². The first-order chi connectivity index (χ1) is 14.0. The second-order valence-electron chi connectivity index (χ2n) is 7.29. The van der Waals surface area contributed by atoms with E-state index in [1.54, 1.807) is 24.3 Å². The van der Waals surface area contributed by atoms with Crippen molar-refractivity contribution in [1.82, 2.24) is 4.90 Å². The van der Waals surface area contributed by atoms with Gasteiger partial charge in [0.05, 0.1) is 0 Å². The zero-order chi connectivity index (χ0) is 20.6. The normalized spacial score (nSPS) is 14.4. The van der Waals surface area contributed by atoms with Crippen LogP contribution in [-0.4, -0.2) is 47.4 Å². The van der Waals surface area contributed by atoms with Crippen LogP contribution in [0.3, 0.4) is 0 Å². The highest BCUT2D eigenvalue weighted by atomic mass is 16.4. The number of piperidine rings is 1. The van der Waals surface area contributed by atoms with Gasteiger partial charge in [-0.15, -0.1) is 0 Å². The Hall–Kier alpha value is -3.15. The second-order valence-corrected chi connectivity index (χ2v) is 7.29. The predicted molar refractivity (Wildman–Crippen MR) is 110 cm³/mol. The number of carbonyl (C=O) groups excluding carboxylic acids is 2. The van der Waals surface area contributed by atoms with Gasteiger partial charge in [-0.25, -0.2) is 0 Å². The molecule has 6 nitrogen and oxygen atoms in total. The molecule has 0 spiro atoms. The van der Waals surface area contributed by atoms with E-state index in [0.29, 0.717) is 44.5 Å². The van der Waals surface area contributed by atoms with Crippen LogP contribution >= 0.6 is 0 Å². The summed E-state index contributed by atoms with van der Waals surface area (Å²) in [5.41, 5.74) is 1.72. The van der Waals surface area contributed by atoms with Crippen LogP contribution in [0.5, 0.6) is 0 Å². The van der Waals surface area contributed by atoms with Gasteiger partial charge in [0.15, 0.2) is 0 Å². The number of anilines is 1. The summed E-state index contributed by atoms with van der Waals surface area (Å²) in [6.45, 7) is 0.693. The maximum absolute atomic E-state index is 13.0. The summed E-state index contributed by atoms with van der Waals surface area (Å²) in [5, 5.41) is 9.21. The zero-order valence-electron chi connectivity index (χ0n) is 16.4. The summed E-state index contributed by atoms with van der Waals surface area (Å²) in [6, 6.07) is 18.8. The minimum absolute atomic E-state index is 0.102. The van der Waals surface area contributed by atoms with Gasteiger partial charge in [0.1, 0.15) is 6.54 Å². The Morgan fingerprint density at radius 1 is 0.931 bits per heavy atom. The van der Waals surface area contributed by atoms with Crippen molar-refractivity contribution in [2.45, 2.75) is 25.7 Å². The third kappa shape index (κ3) is 5.67. The molecule has 0 radical (unpaired) electrons. The van der Waals surface area contributed by atoms with Crippen LogP contribution in [0, 0.1) is 5.92 Å². The minimum atomic E-state index is -1.05. The molecule has 1 aliphatic rings. The van der Waals surface area contributed by atoms with Gasteiger partial charge < -0.3 is 14.9 Å². The van der Waals surface area contributed by atoms with E-state index in [1.165, 1.54) is 4.90 Å². The summed E-state index contributed by atoms with van der Waals surface area (Å²) in [6.07, 6.45) is 2.27. The fourth-order valence-corrected chi connectivity index (χ4v) is 3.69. The average Bonchev–Trinajstić information content (AvgIpc) is 2.76. The second kappa shape index (κ2) is 9.87. The molecular weight excluding hydrogens is 368 g/mol. The lowest BCUT2D eigenvalue weighted by atomic mass is 9.94. The van der Waals surface area contributed by atoms with Crippen molar-refractivity contribution in [3.8, 4) is 0 Å². The van der Waals surface area contributed by atoms with Crippen LogP contribution in [-0.2, 0) is 20.8 Å². The topological polar surface area (TPSA) is 77.9 Å². The lowest BCUT2D eigenvalue weighted by molar-refractivity contribution is -0.137. The number of hydrogen-bond donors (Lipinski definition) is 1. The number of benzene rings is 2. The molecule has 2 aromatic rings. The molecule has 152 valence electrons. The Balaban J connectivity index is 1.55. The van der Waals surface area contributed by atoms with Gasteiger partial charge in [-0.05, 0) is 37.0 Å². The molecule has 1 saturated heterocycles. The smallest absolute Gasteiger partial charge is 0.323 e. The third-order valence-corrected chi connectivity index (χ3v) is 5.29. The van der Waals surface area contributed by atoms with Crippen molar-refractivity contribution >= 4 is 23.5 Å². The molecule has 29 heavy (non-hydrogen) atoms. The number of para-hydroxylation sites is 1. The number of rotatable bonds is 7. The molecule has 0 unspecified atom stereocenters. The first kappa shape index (κ1) is 20.6. The Labute approximate surface area is 170 Å². The molecule has 2 aromatic carbocycles. The molecule has 0 aliphatic carbocycles. The maximum atomic E-state index is 13.0. The highest BCUT2D eigenvalue weighted by Gasteiger charge is 2.31. The fourth-order valence-electron chi connectivity index (χ4n) is 3.69. The van der Waals surface area contributed by atoms with E-state index in [4.69, 9.17) is 0 Å². The molecule has 1 fully saturated rings. The Morgan fingerprint density at radius 3 is 2.10 bits per heavy atom. The number of hydrogen-bond acceptors (Lipinski definition) is 3. The third-order valence-electron chi connectivity index (χ3n) is 5.29. The van der Waals surface area contributed by atoms with Crippen molar-refractivity contribution in [1.29, 1.82) is 0 Å². The standard InChI is InChI=1S/C23H26N2O4/c26-21(12-11-18-7-3-1-4-8-18)24-15-13-19(14-16-24)23(29)25(17-22(27)28)20-9-5-2-6-10-20/h1-10,19H,11-17H2,(H,27,28). The van der Waals surface area contributed by atoms with E-state index in [0.717, 1.165) is 5.56 Å². The zero-order valence-corrected chi connectivity index (χ0v) is 16.4. The van der Waals surface area contributed by atoms with E-state index < -0.39 is 5.97 Å². The van der Waals surface area contributed by atoms with Gasteiger partial charge in [-0.1, -0.05) is 48.5 Å². The Bertz CT molecular complexity index is 830. The molecule has 0 bridgehead atoms.